The van der Waals surface area contributed by atoms with Gasteiger partial charge < -0.3 is 15.2 Å². The topological polar surface area (TPSA) is 41.5 Å². The third-order valence-electron chi connectivity index (χ3n) is 3.10. The van der Waals surface area contributed by atoms with E-state index in [1.807, 2.05) is 24.3 Å². The molecule has 0 saturated carbocycles. The summed E-state index contributed by atoms with van der Waals surface area (Å²) in [4.78, 5) is 0. The summed E-state index contributed by atoms with van der Waals surface area (Å²) in [5.41, 5.74) is 1.21. The second-order valence-electron chi connectivity index (χ2n) is 4.81. The Labute approximate surface area is 116 Å². The van der Waals surface area contributed by atoms with Crippen LogP contribution in [0, 0.1) is 18.3 Å². The lowest BCUT2D eigenvalue weighted by atomic mass is 10.1. The molecule has 1 rings (SSSR count). The molecule has 0 aliphatic rings. The highest BCUT2D eigenvalue weighted by molar-refractivity contribution is 5.29. The molecule has 1 aromatic rings. The predicted octanol–water partition coefficient (Wildman–Crippen LogP) is 2.37. The number of aliphatic hydroxyl groups excluding tert-OH is 1. The largest absolute Gasteiger partial charge is 0.481 e. The lowest BCUT2D eigenvalue weighted by Crippen LogP contribution is -2.24. The lowest BCUT2D eigenvalue weighted by Gasteiger charge is -2.18. The van der Waals surface area contributed by atoms with E-state index in [0.29, 0.717) is 12.5 Å². The van der Waals surface area contributed by atoms with Crippen LogP contribution in [-0.4, -0.2) is 24.9 Å². The Bertz CT molecular complexity index is 394. The molecule has 2 unspecified atom stereocenters. The normalized spacial score (nSPS) is 13.6. The Balaban J connectivity index is 2.44. The van der Waals surface area contributed by atoms with Crippen LogP contribution in [-0.2, 0) is 0 Å². The van der Waals surface area contributed by atoms with Gasteiger partial charge in [0.05, 0.1) is 0 Å². The second kappa shape index (κ2) is 8.58. The molecule has 0 amide bonds. The van der Waals surface area contributed by atoms with Gasteiger partial charge in [-0.25, -0.2) is 0 Å². The Hall–Kier alpha value is -1.50. The van der Waals surface area contributed by atoms with Gasteiger partial charge in [0.25, 0.3) is 0 Å². The third kappa shape index (κ3) is 5.78. The number of hydrogen-bond acceptors (Lipinski definition) is 3. The average Bonchev–Trinajstić information content (AvgIpc) is 2.43. The van der Waals surface area contributed by atoms with Crippen LogP contribution in [0.2, 0.25) is 0 Å². The average molecular weight is 261 g/mol. The Morgan fingerprint density at radius 1 is 1.32 bits per heavy atom. The van der Waals surface area contributed by atoms with Gasteiger partial charge in [0.2, 0.25) is 0 Å². The number of nitrogens with one attached hydrogen (secondary N) is 1. The van der Waals surface area contributed by atoms with E-state index in [-0.39, 0.29) is 12.6 Å². The first kappa shape index (κ1) is 15.6. The molecule has 0 radical (unpaired) electrons. The minimum atomic E-state index is 0.248. The van der Waals surface area contributed by atoms with Gasteiger partial charge in [0, 0.05) is 12.6 Å². The first-order chi connectivity index (χ1) is 9.17. The smallest absolute Gasteiger partial charge is 0.148 e. The van der Waals surface area contributed by atoms with Crippen molar-refractivity contribution in [1.82, 2.24) is 5.32 Å². The minimum Gasteiger partial charge on any atom is -0.481 e. The van der Waals surface area contributed by atoms with Crippen molar-refractivity contribution in [2.45, 2.75) is 26.3 Å². The molecule has 0 fully saturated rings. The highest BCUT2D eigenvalue weighted by Gasteiger charge is 2.07. The summed E-state index contributed by atoms with van der Waals surface area (Å²) in [5.74, 6) is 3.71. The fraction of sp³-hybridized carbons (Fsp3) is 0.500. The van der Waals surface area contributed by atoms with E-state index in [9.17, 15) is 0 Å². The van der Waals surface area contributed by atoms with Crippen molar-refractivity contribution in [3.63, 3.8) is 0 Å². The molecule has 0 bridgehead atoms. The van der Waals surface area contributed by atoms with Crippen LogP contribution in [0.5, 0.6) is 5.75 Å². The zero-order valence-corrected chi connectivity index (χ0v) is 11.7. The molecular weight excluding hydrogens is 238 g/mol. The van der Waals surface area contributed by atoms with E-state index in [1.54, 1.807) is 0 Å². The molecule has 0 spiro atoms. The van der Waals surface area contributed by atoms with E-state index in [0.717, 1.165) is 18.7 Å². The molecule has 0 saturated heterocycles. The summed E-state index contributed by atoms with van der Waals surface area (Å²) in [6.45, 7) is 5.71. The first-order valence-electron chi connectivity index (χ1n) is 6.67. The molecule has 3 nitrogen and oxygen atoms in total. The van der Waals surface area contributed by atoms with Crippen LogP contribution in [0.1, 0.15) is 31.9 Å². The van der Waals surface area contributed by atoms with Crippen molar-refractivity contribution in [2.24, 2.45) is 5.92 Å². The van der Waals surface area contributed by atoms with Crippen LogP contribution in [0.25, 0.3) is 0 Å². The van der Waals surface area contributed by atoms with E-state index < -0.39 is 0 Å². The molecule has 104 valence electrons. The SMILES string of the molecule is C#CCOc1ccc(C(C)NCC(C)CCO)cc1. The van der Waals surface area contributed by atoms with Crippen molar-refractivity contribution < 1.29 is 9.84 Å². The van der Waals surface area contributed by atoms with E-state index >= 15 is 0 Å². The fourth-order valence-electron chi connectivity index (χ4n) is 1.80. The summed E-state index contributed by atoms with van der Waals surface area (Å²) in [6, 6.07) is 8.23. The van der Waals surface area contributed by atoms with Crippen molar-refractivity contribution in [3.05, 3.63) is 29.8 Å². The predicted molar refractivity (Wildman–Crippen MR) is 78.1 cm³/mol. The number of hydrogen-bond donors (Lipinski definition) is 2. The molecule has 0 aliphatic heterocycles. The zero-order valence-electron chi connectivity index (χ0n) is 11.7. The Kier molecular flexibility index (Phi) is 7.02. The molecule has 0 aliphatic carbocycles. The maximum atomic E-state index is 8.86. The van der Waals surface area contributed by atoms with Gasteiger partial charge in [-0.05, 0) is 43.5 Å². The molecular formula is C16H23NO2. The lowest BCUT2D eigenvalue weighted by molar-refractivity contribution is 0.258. The highest BCUT2D eigenvalue weighted by Crippen LogP contribution is 2.17. The number of aliphatic hydroxyl groups is 1. The van der Waals surface area contributed by atoms with Gasteiger partial charge >= 0.3 is 0 Å². The number of ether oxygens (including phenoxy) is 1. The van der Waals surface area contributed by atoms with Crippen LogP contribution < -0.4 is 10.1 Å². The van der Waals surface area contributed by atoms with Crippen LogP contribution in [0.15, 0.2) is 24.3 Å². The number of rotatable bonds is 8. The van der Waals surface area contributed by atoms with Crippen molar-refractivity contribution >= 4 is 0 Å². The van der Waals surface area contributed by atoms with Crippen LogP contribution in [0.3, 0.4) is 0 Å². The minimum absolute atomic E-state index is 0.248. The summed E-state index contributed by atoms with van der Waals surface area (Å²) < 4.78 is 5.34. The van der Waals surface area contributed by atoms with Gasteiger partial charge in [-0.2, -0.15) is 0 Å². The van der Waals surface area contributed by atoms with Gasteiger partial charge in [-0.1, -0.05) is 25.0 Å². The molecule has 3 heteroatoms. The maximum Gasteiger partial charge on any atom is 0.148 e. The molecule has 0 aromatic heterocycles. The fourth-order valence-corrected chi connectivity index (χ4v) is 1.80. The maximum absolute atomic E-state index is 8.86. The molecule has 19 heavy (non-hydrogen) atoms. The van der Waals surface area contributed by atoms with Gasteiger partial charge in [0.1, 0.15) is 12.4 Å². The van der Waals surface area contributed by atoms with Gasteiger partial charge in [-0.15, -0.1) is 6.42 Å². The zero-order chi connectivity index (χ0) is 14.1. The summed E-state index contributed by atoms with van der Waals surface area (Å²) >= 11 is 0. The molecule has 1 aromatic carbocycles. The number of benzene rings is 1. The van der Waals surface area contributed by atoms with Crippen LogP contribution >= 0.6 is 0 Å². The quantitative estimate of drug-likeness (QED) is 0.706. The van der Waals surface area contributed by atoms with E-state index in [1.165, 1.54) is 5.56 Å². The second-order valence-corrected chi connectivity index (χ2v) is 4.81. The van der Waals surface area contributed by atoms with Crippen molar-refractivity contribution in [3.8, 4) is 18.1 Å². The summed E-state index contributed by atoms with van der Waals surface area (Å²) in [6.07, 6.45) is 5.98. The molecule has 2 N–H and O–H groups in total. The first-order valence-corrected chi connectivity index (χ1v) is 6.67. The van der Waals surface area contributed by atoms with Crippen LogP contribution in [0.4, 0.5) is 0 Å². The van der Waals surface area contributed by atoms with Crippen molar-refractivity contribution in [1.29, 1.82) is 0 Å². The van der Waals surface area contributed by atoms with E-state index in [2.05, 4.69) is 25.1 Å². The third-order valence-corrected chi connectivity index (χ3v) is 3.10. The van der Waals surface area contributed by atoms with Gasteiger partial charge in [-0.3, -0.25) is 0 Å². The van der Waals surface area contributed by atoms with Gasteiger partial charge in [0.15, 0.2) is 0 Å². The monoisotopic (exact) mass is 261 g/mol. The molecule has 0 heterocycles. The highest BCUT2D eigenvalue weighted by atomic mass is 16.5. The summed E-state index contributed by atoms with van der Waals surface area (Å²) in [7, 11) is 0. The van der Waals surface area contributed by atoms with Crippen molar-refractivity contribution in [2.75, 3.05) is 19.8 Å². The Morgan fingerprint density at radius 3 is 2.58 bits per heavy atom. The molecule has 2 atom stereocenters. The number of terminal acetylenes is 1. The Morgan fingerprint density at radius 2 is 2.00 bits per heavy atom. The van der Waals surface area contributed by atoms with E-state index in [4.69, 9.17) is 16.3 Å². The summed E-state index contributed by atoms with van der Waals surface area (Å²) in [5, 5.41) is 12.3. The standard InChI is InChI=1S/C16H23NO2/c1-4-11-19-16-7-5-15(6-8-16)14(3)17-12-13(2)9-10-18/h1,5-8,13-14,17-18H,9-12H2,2-3H3.